The van der Waals surface area contributed by atoms with E-state index < -0.39 is 0 Å². The van der Waals surface area contributed by atoms with Crippen LogP contribution < -0.4 is 16.0 Å². The summed E-state index contributed by atoms with van der Waals surface area (Å²) in [5.41, 5.74) is 3.01. The van der Waals surface area contributed by atoms with Crippen molar-refractivity contribution in [1.82, 2.24) is 10.2 Å². The number of hydrogen-bond donors (Lipinski definition) is 3. The van der Waals surface area contributed by atoms with Crippen molar-refractivity contribution in [2.45, 2.75) is 32.7 Å². The van der Waals surface area contributed by atoms with Crippen LogP contribution in [0, 0.1) is 6.92 Å². The van der Waals surface area contributed by atoms with Gasteiger partial charge in [-0.25, -0.2) is 4.79 Å². The maximum absolute atomic E-state index is 12.8. The average Bonchev–Trinajstić information content (AvgIpc) is 3.23. The lowest BCUT2D eigenvalue weighted by atomic mass is 10.1. The number of nitrogens with one attached hydrogen (secondary N) is 3. The molecule has 1 fully saturated rings. The molecule has 2 aromatic carbocycles. The summed E-state index contributed by atoms with van der Waals surface area (Å²) in [5.74, 6) is -0.0182. The predicted octanol–water partition coefficient (Wildman–Crippen LogP) is 3.85. The number of para-hydroxylation sites is 2. The zero-order valence-electron chi connectivity index (χ0n) is 16.5. The number of hydrogen-bond acceptors (Lipinski definition) is 3. The molecule has 0 spiro atoms. The van der Waals surface area contributed by atoms with Crippen LogP contribution in [0.4, 0.5) is 16.2 Å². The van der Waals surface area contributed by atoms with Gasteiger partial charge in [-0.2, -0.15) is 0 Å². The van der Waals surface area contributed by atoms with Gasteiger partial charge in [0.1, 0.15) is 0 Å². The summed E-state index contributed by atoms with van der Waals surface area (Å²) in [6.45, 7) is 5.99. The van der Waals surface area contributed by atoms with Crippen LogP contribution in [-0.2, 0) is 0 Å². The first-order valence-corrected chi connectivity index (χ1v) is 9.80. The Morgan fingerprint density at radius 1 is 1.04 bits per heavy atom. The summed E-state index contributed by atoms with van der Waals surface area (Å²) in [5, 5.41) is 9.10. The molecule has 6 nitrogen and oxygen atoms in total. The van der Waals surface area contributed by atoms with Gasteiger partial charge >= 0.3 is 6.03 Å². The molecule has 1 aliphatic heterocycles. The highest BCUT2D eigenvalue weighted by Gasteiger charge is 2.23. The Morgan fingerprint density at radius 2 is 1.75 bits per heavy atom. The Morgan fingerprint density at radius 3 is 2.46 bits per heavy atom. The van der Waals surface area contributed by atoms with Gasteiger partial charge in [0, 0.05) is 31.4 Å². The lowest BCUT2D eigenvalue weighted by Crippen LogP contribution is -2.40. The van der Waals surface area contributed by atoms with Crippen molar-refractivity contribution in [3.63, 3.8) is 0 Å². The molecule has 0 aliphatic carbocycles. The molecule has 1 atom stereocenters. The monoisotopic (exact) mass is 380 g/mol. The molecule has 1 heterocycles. The number of anilines is 2. The molecule has 0 unspecified atom stereocenters. The molecule has 6 heteroatoms. The lowest BCUT2D eigenvalue weighted by molar-refractivity contribution is 0.0794. The summed E-state index contributed by atoms with van der Waals surface area (Å²) in [6.07, 6.45) is 2.07. The first kappa shape index (κ1) is 19.7. The topological polar surface area (TPSA) is 73.5 Å². The predicted molar refractivity (Wildman–Crippen MR) is 113 cm³/mol. The van der Waals surface area contributed by atoms with Crippen molar-refractivity contribution < 1.29 is 9.59 Å². The van der Waals surface area contributed by atoms with Gasteiger partial charge in [-0.05, 0) is 50.5 Å². The number of amides is 3. The van der Waals surface area contributed by atoms with Crippen LogP contribution >= 0.6 is 0 Å². The number of nitrogens with zero attached hydrogens (tertiary/aromatic N) is 1. The van der Waals surface area contributed by atoms with E-state index in [1.54, 1.807) is 6.07 Å². The fourth-order valence-corrected chi connectivity index (χ4v) is 3.35. The molecule has 0 radical (unpaired) electrons. The van der Waals surface area contributed by atoms with Crippen molar-refractivity contribution in [2.75, 3.05) is 30.3 Å². The maximum atomic E-state index is 12.8. The fourth-order valence-electron chi connectivity index (χ4n) is 3.35. The zero-order chi connectivity index (χ0) is 19.9. The molecule has 0 aromatic heterocycles. The first-order valence-electron chi connectivity index (χ1n) is 9.80. The molecule has 1 saturated heterocycles. The number of likely N-dealkylation sites (tertiary alicyclic amines) is 1. The summed E-state index contributed by atoms with van der Waals surface area (Å²) in [6, 6.07) is 15.0. The third kappa shape index (κ3) is 5.03. The third-order valence-corrected chi connectivity index (χ3v) is 4.90. The summed E-state index contributed by atoms with van der Waals surface area (Å²) in [4.78, 5) is 27.2. The van der Waals surface area contributed by atoms with E-state index in [1.807, 2.05) is 61.2 Å². The molecule has 148 valence electrons. The second-order valence-corrected chi connectivity index (χ2v) is 7.24. The molecule has 3 N–H and O–H groups in total. The van der Waals surface area contributed by atoms with Crippen LogP contribution in [0.3, 0.4) is 0 Å². The number of carbonyl (C=O) groups is 2. The summed E-state index contributed by atoms with van der Waals surface area (Å²) < 4.78 is 0. The van der Waals surface area contributed by atoms with Gasteiger partial charge in [0.25, 0.3) is 5.91 Å². The molecular formula is C22H28N4O2. The highest BCUT2D eigenvalue weighted by atomic mass is 16.2. The van der Waals surface area contributed by atoms with Gasteiger partial charge < -0.3 is 20.9 Å². The van der Waals surface area contributed by atoms with E-state index in [1.165, 1.54) is 0 Å². The molecular weight excluding hydrogens is 352 g/mol. The third-order valence-electron chi connectivity index (χ3n) is 4.90. The molecule has 3 rings (SSSR count). The van der Waals surface area contributed by atoms with E-state index in [9.17, 15) is 9.59 Å². The Bertz CT molecular complexity index is 817. The number of carbonyl (C=O) groups excluding carboxylic acids is 2. The normalized spacial score (nSPS) is 14.4. The summed E-state index contributed by atoms with van der Waals surface area (Å²) >= 11 is 0. The number of urea groups is 1. The van der Waals surface area contributed by atoms with E-state index in [0.29, 0.717) is 17.8 Å². The Kier molecular flexibility index (Phi) is 6.53. The van der Waals surface area contributed by atoms with Gasteiger partial charge in [-0.15, -0.1) is 0 Å². The molecule has 28 heavy (non-hydrogen) atoms. The van der Waals surface area contributed by atoms with Gasteiger partial charge in [0.2, 0.25) is 0 Å². The van der Waals surface area contributed by atoms with E-state index in [2.05, 4.69) is 16.0 Å². The van der Waals surface area contributed by atoms with Gasteiger partial charge in [0.05, 0.1) is 11.3 Å². The van der Waals surface area contributed by atoms with Crippen molar-refractivity contribution in [1.29, 1.82) is 0 Å². The van der Waals surface area contributed by atoms with Gasteiger partial charge in [-0.3, -0.25) is 4.79 Å². The van der Waals surface area contributed by atoms with Crippen LogP contribution in [-0.4, -0.2) is 42.5 Å². The minimum atomic E-state index is -0.313. The molecule has 1 aliphatic rings. The SMILES string of the molecule is Cc1cccc(C(=O)N2CCCC2)c1NC(=O)N[C@H](C)CNc1ccccc1. The largest absolute Gasteiger partial charge is 0.383 e. The minimum Gasteiger partial charge on any atom is -0.383 e. The van der Waals surface area contributed by atoms with E-state index in [4.69, 9.17) is 0 Å². The van der Waals surface area contributed by atoms with Crippen molar-refractivity contribution >= 4 is 23.3 Å². The smallest absolute Gasteiger partial charge is 0.319 e. The van der Waals surface area contributed by atoms with Crippen molar-refractivity contribution in [3.05, 3.63) is 59.7 Å². The van der Waals surface area contributed by atoms with Crippen LogP contribution in [0.5, 0.6) is 0 Å². The summed E-state index contributed by atoms with van der Waals surface area (Å²) in [7, 11) is 0. The minimum absolute atomic E-state index is 0.0182. The van der Waals surface area contributed by atoms with E-state index >= 15 is 0 Å². The molecule has 3 amide bonds. The second-order valence-electron chi connectivity index (χ2n) is 7.24. The van der Waals surface area contributed by atoms with E-state index in [0.717, 1.165) is 37.2 Å². The van der Waals surface area contributed by atoms with Crippen LogP contribution in [0.15, 0.2) is 48.5 Å². The molecule has 0 bridgehead atoms. The Hall–Kier alpha value is -3.02. The zero-order valence-corrected chi connectivity index (χ0v) is 16.5. The molecule has 2 aromatic rings. The standard InChI is InChI=1S/C22H28N4O2/c1-16-9-8-12-19(21(27)26-13-6-7-14-26)20(16)25-22(28)24-17(2)15-23-18-10-4-3-5-11-18/h3-5,8-12,17,23H,6-7,13-15H2,1-2H3,(H2,24,25,28)/t17-/m1/s1. The molecule has 0 saturated carbocycles. The van der Waals surface area contributed by atoms with Gasteiger partial charge in [0.15, 0.2) is 0 Å². The quantitative estimate of drug-likeness (QED) is 0.713. The van der Waals surface area contributed by atoms with E-state index in [-0.39, 0.29) is 18.0 Å². The maximum Gasteiger partial charge on any atom is 0.319 e. The number of aryl methyl sites for hydroxylation is 1. The number of rotatable bonds is 6. The van der Waals surface area contributed by atoms with Gasteiger partial charge in [-0.1, -0.05) is 30.3 Å². The second kappa shape index (κ2) is 9.26. The Balaban J connectivity index is 1.61. The fraction of sp³-hybridized carbons (Fsp3) is 0.364. The van der Waals surface area contributed by atoms with Crippen LogP contribution in [0.25, 0.3) is 0 Å². The Labute approximate surface area is 166 Å². The lowest BCUT2D eigenvalue weighted by Gasteiger charge is -2.21. The van der Waals surface area contributed by atoms with Crippen molar-refractivity contribution in [3.8, 4) is 0 Å². The first-order chi connectivity index (χ1) is 13.5. The highest BCUT2D eigenvalue weighted by Crippen LogP contribution is 2.24. The average molecular weight is 380 g/mol. The van der Waals surface area contributed by atoms with Crippen LogP contribution in [0.1, 0.15) is 35.7 Å². The van der Waals surface area contributed by atoms with Crippen molar-refractivity contribution in [2.24, 2.45) is 0 Å². The van der Waals surface area contributed by atoms with Crippen LogP contribution in [0.2, 0.25) is 0 Å². The highest BCUT2D eigenvalue weighted by molar-refractivity contribution is 6.04. The number of benzene rings is 2.